The van der Waals surface area contributed by atoms with Gasteiger partial charge in [-0.2, -0.15) is 0 Å². The number of hydrogen-bond acceptors (Lipinski definition) is 2. The van der Waals surface area contributed by atoms with Crippen molar-refractivity contribution in [3.05, 3.63) is 0 Å². The molecule has 0 saturated heterocycles. The summed E-state index contributed by atoms with van der Waals surface area (Å²) in [6.07, 6.45) is 6.29. The summed E-state index contributed by atoms with van der Waals surface area (Å²) in [5.74, 6) is 0.812. The molecular weight excluding hydrogens is 174 g/mol. The lowest BCUT2D eigenvalue weighted by molar-refractivity contribution is 0.0448. The number of rotatable bonds is 7. The first-order chi connectivity index (χ1) is 6.68. The predicted octanol–water partition coefficient (Wildman–Crippen LogP) is 2.17. The van der Waals surface area contributed by atoms with Crippen molar-refractivity contribution in [3.8, 4) is 0 Å². The molecule has 0 spiro atoms. The summed E-state index contributed by atoms with van der Waals surface area (Å²) in [5, 5.41) is 12.7. The van der Waals surface area contributed by atoms with Gasteiger partial charge in [0.05, 0.1) is 0 Å². The molecule has 0 radical (unpaired) electrons. The largest absolute Gasteiger partial charge is 0.396 e. The molecule has 0 amide bonds. The van der Waals surface area contributed by atoms with Gasteiger partial charge in [0.25, 0.3) is 0 Å². The summed E-state index contributed by atoms with van der Waals surface area (Å²) in [4.78, 5) is 0. The molecule has 1 aliphatic carbocycles. The maximum absolute atomic E-state index is 9.24. The highest BCUT2D eigenvalue weighted by Crippen LogP contribution is 2.39. The zero-order chi connectivity index (χ0) is 10.4. The zero-order valence-corrected chi connectivity index (χ0v) is 9.68. The lowest BCUT2D eigenvalue weighted by Crippen LogP contribution is -2.43. The van der Waals surface area contributed by atoms with E-state index >= 15 is 0 Å². The highest BCUT2D eigenvalue weighted by atomic mass is 16.3. The lowest BCUT2D eigenvalue weighted by atomic mass is 9.69. The van der Waals surface area contributed by atoms with Crippen LogP contribution in [0.3, 0.4) is 0 Å². The van der Waals surface area contributed by atoms with Gasteiger partial charge in [0.1, 0.15) is 0 Å². The van der Waals surface area contributed by atoms with Gasteiger partial charge in [0.2, 0.25) is 0 Å². The van der Waals surface area contributed by atoms with E-state index in [2.05, 4.69) is 19.2 Å². The Labute approximate surface area is 88.1 Å². The average molecular weight is 199 g/mol. The van der Waals surface area contributed by atoms with E-state index in [1.54, 1.807) is 0 Å². The number of nitrogens with one attached hydrogen (secondary N) is 1. The fourth-order valence-electron chi connectivity index (χ4n) is 2.06. The summed E-state index contributed by atoms with van der Waals surface area (Å²) in [6, 6.07) is 0. The van der Waals surface area contributed by atoms with Crippen molar-refractivity contribution in [1.29, 1.82) is 0 Å². The van der Waals surface area contributed by atoms with Crippen molar-refractivity contribution in [2.24, 2.45) is 11.3 Å². The van der Waals surface area contributed by atoms with E-state index in [0.29, 0.717) is 6.61 Å². The van der Waals surface area contributed by atoms with Crippen LogP contribution in [0.1, 0.15) is 46.0 Å². The molecule has 2 nitrogen and oxygen atoms in total. The third-order valence-corrected chi connectivity index (χ3v) is 3.38. The Hall–Kier alpha value is -0.0800. The smallest absolute Gasteiger partial charge is 0.0499 e. The lowest BCUT2D eigenvalue weighted by Gasteiger charge is -2.40. The SMILES string of the molecule is CC(C)CCCNCC1(CO)CCC1. The van der Waals surface area contributed by atoms with Crippen molar-refractivity contribution in [3.63, 3.8) is 0 Å². The molecule has 0 aromatic heterocycles. The Bertz CT molecular complexity index is 147. The van der Waals surface area contributed by atoms with Gasteiger partial charge in [-0.1, -0.05) is 20.3 Å². The Morgan fingerprint density at radius 2 is 2.07 bits per heavy atom. The van der Waals surface area contributed by atoms with Gasteiger partial charge in [0.15, 0.2) is 0 Å². The Kier molecular flexibility index (Phi) is 4.90. The molecular formula is C12H25NO. The van der Waals surface area contributed by atoms with E-state index in [-0.39, 0.29) is 5.41 Å². The second-order valence-electron chi connectivity index (χ2n) is 5.22. The van der Waals surface area contributed by atoms with Gasteiger partial charge in [-0.25, -0.2) is 0 Å². The molecule has 1 fully saturated rings. The van der Waals surface area contributed by atoms with Crippen LogP contribution in [0.2, 0.25) is 0 Å². The van der Waals surface area contributed by atoms with Gasteiger partial charge in [-0.3, -0.25) is 0 Å². The highest BCUT2D eigenvalue weighted by molar-refractivity contribution is 4.88. The van der Waals surface area contributed by atoms with Crippen LogP contribution in [0.5, 0.6) is 0 Å². The molecule has 0 atom stereocenters. The standard InChI is InChI=1S/C12H25NO/c1-11(2)5-3-8-13-9-12(10-14)6-4-7-12/h11,13-14H,3-10H2,1-2H3. The van der Waals surface area contributed by atoms with Crippen molar-refractivity contribution < 1.29 is 5.11 Å². The number of aliphatic hydroxyl groups is 1. The first-order valence-electron chi connectivity index (χ1n) is 6.00. The Balaban J connectivity index is 1.97. The third-order valence-electron chi connectivity index (χ3n) is 3.38. The van der Waals surface area contributed by atoms with Crippen molar-refractivity contribution in [1.82, 2.24) is 5.32 Å². The molecule has 84 valence electrons. The van der Waals surface area contributed by atoms with Crippen LogP contribution in [0.25, 0.3) is 0 Å². The van der Waals surface area contributed by atoms with E-state index in [1.807, 2.05) is 0 Å². The molecule has 2 N–H and O–H groups in total. The van der Waals surface area contributed by atoms with Crippen molar-refractivity contribution >= 4 is 0 Å². The van der Waals surface area contributed by atoms with E-state index in [0.717, 1.165) is 19.0 Å². The molecule has 1 saturated carbocycles. The molecule has 0 aromatic carbocycles. The van der Waals surface area contributed by atoms with Gasteiger partial charge in [-0.05, 0) is 38.1 Å². The van der Waals surface area contributed by atoms with Crippen LogP contribution in [-0.2, 0) is 0 Å². The van der Waals surface area contributed by atoms with E-state index in [9.17, 15) is 5.11 Å². The summed E-state index contributed by atoms with van der Waals surface area (Å²) < 4.78 is 0. The maximum atomic E-state index is 9.24. The summed E-state index contributed by atoms with van der Waals surface area (Å²) in [5.41, 5.74) is 0.248. The van der Waals surface area contributed by atoms with Crippen molar-refractivity contribution in [2.75, 3.05) is 19.7 Å². The minimum absolute atomic E-state index is 0.248. The second-order valence-corrected chi connectivity index (χ2v) is 5.22. The fraction of sp³-hybridized carbons (Fsp3) is 1.00. The topological polar surface area (TPSA) is 32.3 Å². The molecule has 0 heterocycles. The maximum Gasteiger partial charge on any atom is 0.0499 e. The Morgan fingerprint density at radius 1 is 1.36 bits per heavy atom. The average Bonchev–Trinajstić information content (AvgIpc) is 2.08. The second kappa shape index (κ2) is 5.72. The molecule has 0 aliphatic heterocycles. The normalized spacial score (nSPS) is 19.7. The number of hydrogen-bond donors (Lipinski definition) is 2. The molecule has 1 aliphatic rings. The van der Waals surface area contributed by atoms with Crippen LogP contribution < -0.4 is 5.32 Å². The first kappa shape index (κ1) is 12.0. The fourth-order valence-corrected chi connectivity index (χ4v) is 2.06. The van der Waals surface area contributed by atoms with Crippen LogP contribution >= 0.6 is 0 Å². The molecule has 0 unspecified atom stereocenters. The minimum Gasteiger partial charge on any atom is -0.396 e. The van der Waals surface area contributed by atoms with Crippen molar-refractivity contribution in [2.45, 2.75) is 46.0 Å². The van der Waals surface area contributed by atoms with Crippen LogP contribution in [0.4, 0.5) is 0 Å². The zero-order valence-electron chi connectivity index (χ0n) is 9.68. The Morgan fingerprint density at radius 3 is 2.50 bits per heavy atom. The number of aliphatic hydroxyl groups excluding tert-OH is 1. The van der Waals surface area contributed by atoms with Crippen LogP contribution in [-0.4, -0.2) is 24.8 Å². The molecule has 0 bridgehead atoms. The molecule has 0 aromatic rings. The van der Waals surface area contributed by atoms with Crippen LogP contribution in [0, 0.1) is 11.3 Å². The highest BCUT2D eigenvalue weighted by Gasteiger charge is 2.35. The van der Waals surface area contributed by atoms with E-state index in [1.165, 1.54) is 32.1 Å². The minimum atomic E-state index is 0.248. The first-order valence-corrected chi connectivity index (χ1v) is 6.00. The van der Waals surface area contributed by atoms with Gasteiger partial charge in [-0.15, -0.1) is 0 Å². The monoisotopic (exact) mass is 199 g/mol. The quantitative estimate of drug-likeness (QED) is 0.616. The summed E-state index contributed by atoms with van der Waals surface area (Å²) in [7, 11) is 0. The van der Waals surface area contributed by atoms with E-state index in [4.69, 9.17) is 0 Å². The van der Waals surface area contributed by atoms with E-state index < -0.39 is 0 Å². The van der Waals surface area contributed by atoms with Gasteiger partial charge >= 0.3 is 0 Å². The third kappa shape index (κ3) is 3.58. The molecule has 2 heteroatoms. The predicted molar refractivity (Wildman–Crippen MR) is 60.3 cm³/mol. The van der Waals surface area contributed by atoms with Gasteiger partial charge < -0.3 is 10.4 Å². The van der Waals surface area contributed by atoms with Crippen LogP contribution in [0.15, 0.2) is 0 Å². The summed E-state index contributed by atoms with van der Waals surface area (Å²) >= 11 is 0. The molecule has 14 heavy (non-hydrogen) atoms. The molecule has 1 rings (SSSR count). The van der Waals surface area contributed by atoms with Gasteiger partial charge in [0, 0.05) is 18.6 Å². The summed E-state index contributed by atoms with van der Waals surface area (Å²) in [6.45, 7) is 7.02.